The molecule has 2 saturated carbocycles. The van der Waals surface area contributed by atoms with Crippen LogP contribution in [0.2, 0.25) is 5.02 Å². The Balaban J connectivity index is 0.00000103. The molecule has 292 valence electrons. The van der Waals surface area contributed by atoms with E-state index in [1.165, 1.54) is 0 Å². The smallest absolute Gasteiger partial charge is 0.444 e. The Morgan fingerprint density at radius 2 is 1.19 bits per heavy atom. The van der Waals surface area contributed by atoms with Gasteiger partial charge in [0.2, 0.25) is 0 Å². The van der Waals surface area contributed by atoms with Gasteiger partial charge in [-0.15, -0.1) is 15.2 Å². The van der Waals surface area contributed by atoms with Crippen LogP contribution >= 0.6 is 11.6 Å². The predicted molar refractivity (Wildman–Crippen MR) is 217 cm³/mol. The molecule has 1 aromatic heterocycles. The Kier molecular flexibility index (Phi) is 12.3. The van der Waals surface area contributed by atoms with Crippen molar-refractivity contribution in [3.05, 3.63) is 84.9 Å². The van der Waals surface area contributed by atoms with Crippen LogP contribution in [0.15, 0.2) is 64.4 Å². The largest absolute Gasteiger partial charge is 1.00 e. The van der Waals surface area contributed by atoms with Crippen LogP contribution in [0.3, 0.4) is 0 Å². The number of para-hydroxylation sites is 2. The molecule has 0 atom stereocenters. The Bertz CT molecular complexity index is 2480. The third-order valence-electron chi connectivity index (χ3n) is 6.46. The fourth-order valence-electron chi connectivity index (χ4n) is 4.20. The second kappa shape index (κ2) is 31.7. The van der Waals surface area contributed by atoms with Crippen molar-refractivity contribution in [2.24, 2.45) is 15.9 Å². The van der Waals surface area contributed by atoms with Crippen LogP contribution in [0.4, 0.5) is 0 Å². The van der Waals surface area contributed by atoms with Crippen molar-refractivity contribution < 1.29 is 67.9 Å². The zero-order chi connectivity index (χ0) is 60.8. The van der Waals surface area contributed by atoms with Gasteiger partial charge in [0.15, 0.2) is 0 Å². The number of rotatable bonds is 6. The average molecular weight is 796 g/mol. The number of halogens is 1. The Hall–Kier alpha value is -2.64. The van der Waals surface area contributed by atoms with E-state index in [1.54, 1.807) is 4.90 Å². The Morgan fingerprint density at radius 3 is 1.64 bits per heavy atom. The van der Waals surface area contributed by atoms with Crippen molar-refractivity contribution in [1.29, 1.82) is 0 Å². The molecule has 3 aromatic rings. The van der Waals surface area contributed by atoms with E-state index < -0.39 is 95.9 Å². The van der Waals surface area contributed by atoms with Gasteiger partial charge < -0.3 is 14.7 Å². The number of imidazole rings is 1. The molecule has 5 aliphatic rings. The van der Waals surface area contributed by atoms with Crippen molar-refractivity contribution in [3.8, 4) is 0 Å². The number of nitroso groups, excluding NO2 is 2. The molecule has 0 unspecified atom stereocenters. The molecule has 14 heteroatoms. The summed E-state index contributed by atoms with van der Waals surface area (Å²) in [6.07, 6.45) is -27.0. The molecular weight excluding hydrogens is 703 g/mol. The van der Waals surface area contributed by atoms with Crippen LogP contribution in [-0.2, 0) is 13.1 Å². The summed E-state index contributed by atoms with van der Waals surface area (Å²) in [6, 6.07) is 15.6. The molecule has 8 rings (SSSR count). The third-order valence-corrected chi connectivity index (χ3v) is 6.71. The summed E-state index contributed by atoms with van der Waals surface area (Å²) in [7, 11) is 0. The molecule has 0 spiro atoms. The molecule has 5 fully saturated rings. The molecule has 2 aliphatic carbocycles. The maximum absolute atomic E-state index is 10.3. The van der Waals surface area contributed by atoms with Crippen molar-refractivity contribution >= 4 is 22.6 Å². The van der Waals surface area contributed by atoms with Gasteiger partial charge in [-0.05, 0) is 81.2 Å². The molecule has 0 N–H and O–H groups in total. The van der Waals surface area contributed by atoms with Crippen LogP contribution < -0.4 is 29.6 Å². The minimum atomic E-state index is -3.18. The van der Waals surface area contributed by atoms with E-state index in [-0.39, 0.29) is 75.6 Å². The molecule has 12 nitrogen and oxygen atoms in total. The second-order valence-corrected chi connectivity index (χ2v) is 10.4. The molecule has 2 aromatic carbocycles. The van der Waals surface area contributed by atoms with Gasteiger partial charge in [0.05, 0.1) is 33.6 Å². The number of hydrogen-bond donors (Lipinski definition) is 0. The third kappa shape index (κ3) is 20.6. The van der Waals surface area contributed by atoms with Gasteiger partial charge >= 0.3 is 29.6 Å². The number of likely N-dealkylation sites (tertiary alicyclic amines) is 1. The fraction of sp³-hybridized carbons (Fsp3) is 0.667. The monoisotopic (exact) mass is 795 g/mol. The molecule has 0 amide bonds. The van der Waals surface area contributed by atoms with Gasteiger partial charge in [-0.25, -0.2) is 4.98 Å². The first-order valence-electron chi connectivity index (χ1n) is 29.0. The fourth-order valence-corrected chi connectivity index (χ4v) is 4.33. The first-order valence-corrected chi connectivity index (χ1v) is 15.4. The summed E-state index contributed by atoms with van der Waals surface area (Å²) in [4.78, 5) is 34.7. The molecule has 53 heavy (non-hydrogen) atoms. The van der Waals surface area contributed by atoms with E-state index in [4.69, 9.17) is 65.1 Å². The number of hydrogen-bond acceptors (Lipinski definition) is 9. The van der Waals surface area contributed by atoms with Gasteiger partial charge in [-0.1, -0.05) is 115 Å². The van der Waals surface area contributed by atoms with E-state index in [2.05, 4.69) is 9.85 Å². The van der Waals surface area contributed by atoms with Gasteiger partial charge in [-0.2, -0.15) is 0 Å². The van der Waals surface area contributed by atoms with Crippen LogP contribution in [0, 0.1) is 19.9 Å². The summed E-state index contributed by atoms with van der Waals surface area (Å²) in [6.45, 7) is -5.65. The molecule has 3 aliphatic heterocycles. The predicted octanol–water partition coefficient (Wildman–Crippen LogP) is 8.29. The number of benzene rings is 2. The number of aromatic nitrogens is 2. The Morgan fingerprint density at radius 1 is 0.660 bits per heavy atom. The number of fused-ring (bicyclic) bond motifs is 1. The Labute approximate surface area is 384 Å². The maximum Gasteiger partial charge on any atom is 1.00 e. The SMILES string of the molecule is C.C.O=N[O-].[2H]C1([2H])CC([2H])([2H])C([2H])([2H])C1([2H])[2H].[2H]C1([2H])CCCC1([2H])[2H].[2H]C1([2H])CN(Cc2nc3ccccc3n2Cc2ccc(Cl)cc2)CC1([2H])[2H].[2H]C1([2H])CN(N=O)CC1([2H])[2H].[2H]C1([2H])N(N=O)C([2H])([2H])C([2H])([2H])C1([2H])[2H].[Na+]. The summed E-state index contributed by atoms with van der Waals surface area (Å²) >= 11 is 5.99. The van der Waals surface area contributed by atoms with E-state index in [0.717, 1.165) is 32.8 Å². The summed E-state index contributed by atoms with van der Waals surface area (Å²) in [5.74, 6) is 0.805. The summed E-state index contributed by atoms with van der Waals surface area (Å²) < 4.78 is 207. The van der Waals surface area contributed by atoms with Gasteiger partial charge in [0.1, 0.15) is 5.82 Å². The second-order valence-electron chi connectivity index (χ2n) is 9.91. The zero-order valence-electron chi connectivity index (χ0n) is 55.8. The molecule has 3 saturated heterocycles. The summed E-state index contributed by atoms with van der Waals surface area (Å²) in [5.41, 5.74) is 2.98. The molecular formula is C39H64ClN8NaO4. The van der Waals surface area contributed by atoms with E-state index in [0.29, 0.717) is 37.4 Å². The minimum absolute atomic E-state index is 0. The topological polar surface area (TPSA) is 139 Å². The van der Waals surface area contributed by atoms with E-state index in [1.807, 2.05) is 53.8 Å². The number of nitrogens with zero attached hydrogens (tertiary/aromatic N) is 8. The van der Waals surface area contributed by atoms with Crippen molar-refractivity contribution in [2.45, 2.75) is 130 Å². The molecule has 0 bridgehead atoms. The minimum Gasteiger partial charge on any atom is -0.444 e. The average Bonchev–Trinajstić information content (AvgIpc) is 3.93. The van der Waals surface area contributed by atoms with Crippen LogP contribution in [0.5, 0.6) is 0 Å². The van der Waals surface area contributed by atoms with Crippen LogP contribution in [0.25, 0.3) is 11.0 Å². The first-order chi connectivity index (χ1) is 34.9. The van der Waals surface area contributed by atoms with Crippen LogP contribution in [-0.4, -0.2) is 63.6 Å². The van der Waals surface area contributed by atoms with Crippen molar-refractivity contribution in [3.63, 3.8) is 0 Å². The maximum atomic E-state index is 10.3. The van der Waals surface area contributed by atoms with E-state index in [9.17, 15) is 9.81 Å². The standard InChI is InChI=1S/C19H20ClN3.2C5H10.2C4H8N2O.2CH4.HNO2.Na/c20-16-9-7-15(8-10-16)13-23-18-6-2-1-5-17(18)21-19(23)14-22-11-3-4-12-22;2*1-2-4-5-3-1;2*7-5-6-3-1-2-4-6;;;2-1-3;/h1-2,5-10H,3-4,11-14H2;2*1-5H2;2*1-4H2;2*1H4;(H,2,3);/q;;;;;;;;+1/p-1/i3D2,4D2;1D2,2D2,3D2,4D2;1D2,2D2;1D2,2D2,3D2,4D2;1D2,2D2;;;;. The van der Waals surface area contributed by atoms with E-state index >= 15 is 0 Å². The van der Waals surface area contributed by atoms with Crippen molar-refractivity contribution in [2.75, 3.05) is 39.2 Å². The van der Waals surface area contributed by atoms with Gasteiger partial charge in [-0.3, -0.25) is 14.9 Å². The quantitative estimate of drug-likeness (QED) is 0.138. The van der Waals surface area contributed by atoms with Gasteiger partial charge in [0.25, 0.3) is 0 Å². The molecule has 4 heterocycles. The van der Waals surface area contributed by atoms with Crippen molar-refractivity contribution in [1.82, 2.24) is 24.5 Å². The van der Waals surface area contributed by atoms with Crippen LogP contribution in [0.1, 0.15) is 167 Å². The molecule has 0 radical (unpaired) electrons. The van der Waals surface area contributed by atoms with Gasteiger partial charge in [0, 0.05) is 70.5 Å². The summed E-state index contributed by atoms with van der Waals surface area (Å²) in [5, 5.41) is 14.7. The zero-order valence-corrected chi connectivity index (χ0v) is 30.5. The normalized spacial score (nSPS) is 38.0. The first kappa shape index (κ1) is 20.5.